The van der Waals surface area contributed by atoms with Crippen LogP contribution in [-0.4, -0.2) is 17.6 Å². The summed E-state index contributed by atoms with van der Waals surface area (Å²) in [7, 11) is 1.60. The van der Waals surface area contributed by atoms with Crippen molar-refractivity contribution in [3.8, 4) is 5.75 Å². The Morgan fingerprint density at radius 1 is 0.974 bits per heavy atom. The number of allylic oxidation sites excluding steroid dienone is 1. The van der Waals surface area contributed by atoms with Crippen molar-refractivity contribution in [2.45, 2.75) is 13.0 Å². The number of anilines is 1. The Labute approximate surface area is 228 Å². The van der Waals surface area contributed by atoms with Crippen molar-refractivity contribution in [2.75, 3.05) is 12.4 Å². The van der Waals surface area contributed by atoms with Crippen LogP contribution in [0.4, 0.5) is 5.69 Å². The van der Waals surface area contributed by atoms with Crippen LogP contribution in [-0.2, 0) is 4.79 Å². The largest absolute Gasteiger partial charge is 0.497 e. The Hall–Kier alpha value is -4.75. The van der Waals surface area contributed by atoms with Crippen LogP contribution in [0, 0.1) is 0 Å². The molecule has 0 fully saturated rings. The summed E-state index contributed by atoms with van der Waals surface area (Å²) >= 11 is 1.33. The number of methoxy groups -OCH3 is 1. The number of rotatable bonds is 5. The summed E-state index contributed by atoms with van der Waals surface area (Å²) in [6.45, 7) is 1.81. The summed E-state index contributed by atoms with van der Waals surface area (Å²) in [4.78, 5) is 33.0. The SMILES string of the molecule is COc1cccc([C@H]2C(C(=O)Nc3ccccc3)=C(C)N=c3s/c(=C\c4cccc5ccccc45)c(=O)n32)c1. The number of amides is 1. The zero-order chi connectivity index (χ0) is 26.9. The minimum absolute atomic E-state index is 0.197. The van der Waals surface area contributed by atoms with Crippen LogP contribution < -0.4 is 24.9 Å². The standard InChI is InChI=1S/C32H25N3O3S/c1-20-28(30(36)34-24-14-4-3-5-15-24)29(23-13-9-16-25(18-23)38-2)35-31(37)27(39-32(35)33-20)19-22-12-8-11-21-10-6-7-17-26(21)22/h3-19,29H,1-2H3,(H,34,36)/b27-19-/t29-/m0/s1. The first-order valence-electron chi connectivity index (χ1n) is 12.5. The molecule has 0 radical (unpaired) electrons. The van der Waals surface area contributed by atoms with Gasteiger partial charge in [-0.1, -0.05) is 84.1 Å². The molecular weight excluding hydrogens is 506 g/mol. The Bertz CT molecular complexity index is 1930. The van der Waals surface area contributed by atoms with E-state index in [1.165, 1.54) is 11.3 Å². The van der Waals surface area contributed by atoms with E-state index in [9.17, 15) is 9.59 Å². The Kier molecular flexibility index (Phi) is 6.42. The zero-order valence-corrected chi connectivity index (χ0v) is 22.2. The average molecular weight is 532 g/mol. The van der Waals surface area contributed by atoms with Crippen LogP contribution in [0.1, 0.15) is 24.1 Å². The number of carbonyl (C=O) groups is 1. The van der Waals surface area contributed by atoms with Gasteiger partial charge < -0.3 is 10.1 Å². The van der Waals surface area contributed by atoms with Crippen molar-refractivity contribution in [3.63, 3.8) is 0 Å². The molecular formula is C32H25N3O3S. The first-order chi connectivity index (χ1) is 19.0. The highest BCUT2D eigenvalue weighted by Crippen LogP contribution is 2.32. The molecule has 1 aliphatic rings. The topological polar surface area (TPSA) is 72.7 Å². The van der Waals surface area contributed by atoms with Crippen LogP contribution in [0.2, 0.25) is 0 Å². The van der Waals surface area contributed by atoms with Gasteiger partial charge in [-0.25, -0.2) is 4.99 Å². The number of aromatic nitrogens is 1. The molecule has 6 nitrogen and oxygen atoms in total. The van der Waals surface area contributed by atoms with E-state index in [0.29, 0.717) is 32.0 Å². The molecule has 0 unspecified atom stereocenters. The third kappa shape index (κ3) is 4.57. The lowest BCUT2D eigenvalue weighted by molar-refractivity contribution is -0.113. The molecule has 1 aromatic heterocycles. The Balaban J connectivity index is 1.54. The Morgan fingerprint density at radius 3 is 2.54 bits per heavy atom. The first kappa shape index (κ1) is 24.6. The summed E-state index contributed by atoms with van der Waals surface area (Å²) in [5, 5.41) is 5.14. The van der Waals surface area contributed by atoms with Crippen molar-refractivity contribution in [1.82, 2.24) is 4.57 Å². The summed E-state index contributed by atoms with van der Waals surface area (Å²) in [5.41, 5.74) is 3.16. The van der Waals surface area contributed by atoms with E-state index in [2.05, 4.69) is 17.4 Å². The lowest BCUT2D eigenvalue weighted by atomic mass is 9.95. The minimum atomic E-state index is -0.672. The van der Waals surface area contributed by atoms with Crippen LogP contribution in [0.15, 0.2) is 118 Å². The number of hydrogen-bond acceptors (Lipinski definition) is 5. The fourth-order valence-corrected chi connectivity index (χ4v) is 6.01. The molecule has 192 valence electrons. The molecule has 0 aliphatic carbocycles. The van der Waals surface area contributed by atoms with Crippen LogP contribution in [0.25, 0.3) is 16.8 Å². The molecule has 5 aromatic rings. The zero-order valence-electron chi connectivity index (χ0n) is 21.4. The maximum Gasteiger partial charge on any atom is 0.271 e. The number of fused-ring (bicyclic) bond motifs is 2. The minimum Gasteiger partial charge on any atom is -0.497 e. The van der Waals surface area contributed by atoms with Gasteiger partial charge in [0.05, 0.1) is 29.0 Å². The van der Waals surface area contributed by atoms with Gasteiger partial charge in [-0.15, -0.1) is 0 Å². The first-order valence-corrected chi connectivity index (χ1v) is 13.4. The molecule has 1 atom stereocenters. The van der Waals surface area contributed by atoms with E-state index in [1.54, 1.807) is 11.7 Å². The molecule has 39 heavy (non-hydrogen) atoms. The van der Waals surface area contributed by atoms with Gasteiger partial charge in [0.25, 0.3) is 11.5 Å². The van der Waals surface area contributed by atoms with Crippen molar-refractivity contribution in [1.29, 1.82) is 0 Å². The molecule has 0 bridgehead atoms. The van der Waals surface area contributed by atoms with Crippen molar-refractivity contribution < 1.29 is 9.53 Å². The van der Waals surface area contributed by atoms with Crippen LogP contribution >= 0.6 is 11.3 Å². The lowest BCUT2D eigenvalue weighted by Gasteiger charge is -2.25. The number of nitrogens with one attached hydrogen (secondary N) is 1. The fraction of sp³-hybridized carbons (Fsp3) is 0.0938. The number of carbonyl (C=O) groups excluding carboxylic acids is 1. The second-order valence-electron chi connectivity index (χ2n) is 9.25. The monoisotopic (exact) mass is 531 g/mol. The molecule has 1 amide bonds. The van der Waals surface area contributed by atoms with Gasteiger partial charge in [-0.3, -0.25) is 14.2 Å². The number of ether oxygens (including phenoxy) is 1. The highest BCUT2D eigenvalue weighted by Gasteiger charge is 2.32. The van der Waals surface area contributed by atoms with Gasteiger partial charge in [-0.2, -0.15) is 0 Å². The van der Waals surface area contributed by atoms with E-state index >= 15 is 0 Å². The molecule has 6 rings (SSSR count). The fourth-order valence-electron chi connectivity index (χ4n) is 4.98. The molecule has 7 heteroatoms. The highest BCUT2D eigenvalue weighted by atomic mass is 32.1. The van der Waals surface area contributed by atoms with Gasteiger partial charge in [0.1, 0.15) is 5.75 Å². The molecule has 0 spiro atoms. The predicted octanol–water partition coefficient (Wildman–Crippen LogP) is 5.04. The van der Waals surface area contributed by atoms with Gasteiger partial charge in [-0.05, 0) is 59.2 Å². The number of hydrogen-bond donors (Lipinski definition) is 1. The molecule has 2 heterocycles. The Morgan fingerprint density at radius 2 is 1.72 bits per heavy atom. The number of para-hydroxylation sites is 1. The predicted molar refractivity (Wildman–Crippen MR) is 156 cm³/mol. The third-order valence-electron chi connectivity index (χ3n) is 6.82. The van der Waals surface area contributed by atoms with Crippen molar-refractivity contribution in [2.24, 2.45) is 4.99 Å². The molecule has 1 aliphatic heterocycles. The van der Waals surface area contributed by atoms with Gasteiger partial charge in [0.2, 0.25) is 0 Å². The highest BCUT2D eigenvalue weighted by molar-refractivity contribution is 7.07. The second kappa shape index (κ2) is 10.2. The second-order valence-corrected chi connectivity index (χ2v) is 10.3. The lowest BCUT2D eigenvalue weighted by Crippen LogP contribution is -2.40. The van der Waals surface area contributed by atoms with E-state index < -0.39 is 6.04 Å². The quantitative estimate of drug-likeness (QED) is 0.346. The van der Waals surface area contributed by atoms with E-state index in [1.807, 2.05) is 97.9 Å². The number of benzene rings is 4. The van der Waals surface area contributed by atoms with Gasteiger partial charge in [0, 0.05) is 5.69 Å². The van der Waals surface area contributed by atoms with Crippen LogP contribution in [0.5, 0.6) is 5.75 Å². The van der Waals surface area contributed by atoms with Gasteiger partial charge in [0.15, 0.2) is 4.80 Å². The molecule has 0 saturated carbocycles. The maximum atomic E-state index is 14.0. The van der Waals surface area contributed by atoms with Crippen molar-refractivity contribution >= 4 is 39.8 Å². The molecule has 4 aromatic carbocycles. The maximum absolute atomic E-state index is 14.0. The van der Waals surface area contributed by atoms with Crippen LogP contribution in [0.3, 0.4) is 0 Å². The number of nitrogens with zero attached hydrogens (tertiary/aromatic N) is 2. The smallest absolute Gasteiger partial charge is 0.271 e. The molecule has 1 N–H and O–H groups in total. The normalized spacial score (nSPS) is 15.1. The molecule has 0 saturated heterocycles. The summed E-state index contributed by atoms with van der Waals surface area (Å²) in [5.74, 6) is 0.335. The van der Waals surface area contributed by atoms with E-state index in [4.69, 9.17) is 9.73 Å². The van der Waals surface area contributed by atoms with Crippen molar-refractivity contribution in [3.05, 3.63) is 139 Å². The third-order valence-corrected chi connectivity index (χ3v) is 7.80. The number of thiazole rings is 1. The van der Waals surface area contributed by atoms with E-state index in [0.717, 1.165) is 21.9 Å². The summed E-state index contributed by atoms with van der Waals surface area (Å²) in [6.07, 6.45) is 1.91. The van der Waals surface area contributed by atoms with Gasteiger partial charge >= 0.3 is 0 Å². The summed E-state index contributed by atoms with van der Waals surface area (Å²) in [6, 6.07) is 30.2. The average Bonchev–Trinajstić information content (AvgIpc) is 3.27. The summed E-state index contributed by atoms with van der Waals surface area (Å²) < 4.78 is 7.66. The van der Waals surface area contributed by atoms with E-state index in [-0.39, 0.29) is 11.5 Å².